The quantitative estimate of drug-likeness (QED) is 0.142. The molecule has 0 radical (unpaired) electrons. The van der Waals surface area contributed by atoms with Crippen LogP contribution in [0.25, 0.3) is 0 Å². The average molecular weight is 529 g/mol. The van der Waals surface area contributed by atoms with Crippen LogP contribution in [-0.4, -0.2) is 40.8 Å². The summed E-state index contributed by atoms with van der Waals surface area (Å²) in [5, 5.41) is 20.6. The summed E-state index contributed by atoms with van der Waals surface area (Å²) in [6.07, 6.45) is 17.1. The number of unbranched alkanes of at least 4 members (excludes halogenated alkanes) is 2. The number of rotatable bonds is 10. The molecule has 38 heavy (non-hydrogen) atoms. The zero-order valence-electron chi connectivity index (χ0n) is 24.7. The predicted octanol–water partition coefficient (Wildman–Crippen LogP) is 6.73. The van der Waals surface area contributed by atoms with E-state index in [1.165, 1.54) is 12.0 Å². The number of fused-ring (bicyclic) bond motifs is 1. The van der Waals surface area contributed by atoms with Crippen molar-refractivity contribution in [2.75, 3.05) is 6.61 Å². The molecule has 0 aromatic rings. The number of hydrogen-bond acceptors (Lipinski definition) is 5. The minimum atomic E-state index is -1.17. The fourth-order valence-corrected chi connectivity index (χ4v) is 7.13. The van der Waals surface area contributed by atoms with E-state index < -0.39 is 23.6 Å². The Hall–Kier alpha value is -1.72. The van der Waals surface area contributed by atoms with E-state index in [1.807, 2.05) is 13.0 Å². The molecular formula is C33H52O5. The number of ketones is 1. The van der Waals surface area contributed by atoms with Gasteiger partial charge in [0.15, 0.2) is 5.78 Å². The molecule has 6 atom stereocenters. The van der Waals surface area contributed by atoms with E-state index in [0.29, 0.717) is 31.3 Å². The fraction of sp³-hybridized carbons (Fsp3) is 0.758. The number of aliphatic hydroxyl groups is 2. The Morgan fingerprint density at radius 2 is 1.82 bits per heavy atom. The van der Waals surface area contributed by atoms with Crippen LogP contribution in [0.1, 0.15) is 106 Å². The number of allylic oxidation sites excluding steroid dienone is 5. The van der Waals surface area contributed by atoms with Crippen molar-refractivity contribution in [3.63, 3.8) is 0 Å². The zero-order valence-corrected chi connectivity index (χ0v) is 24.7. The first-order chi connectivity index (χ1) is 17.9. The molecular weight excluding hydrogens is 476 g/mol. The second kappa shape index (κ2) is 13.1. The second-order valence-corrected chi connectivity index (χ2v) is 13.1. The summed E-state index contributed by atoms with van der Waals surface area (Å²) >= 11 is 0. The van der Waals surface area contributed by atoms with Crippen LogP contribution in [0.3, 0.4) is 0 Å². The maximum atomic E-state index is 13.0. The summed E-state index contributed by atoms with van der Waals surface area (Å²) in [6, 6.07) is 0. The Morgan fingerprint density at radius 1 is 1.13 bits per heavy atom. The number of carbonyl (C=O) groups is 2. The standard InChI is InChI=1S/C33H52O5/c1-7-8-9-19-38-31(37)32(4,5)30(36)17-12-22(2)26-15-16-27-25(11-10-18-33(26,27)6)14-13-24-20-28(34)23(3)29(35)21-24/h12-14,17,22-23,26-29,34-35H,7-11,15-16,18-21H2,1-6H3/b17-12+,24-13?,25-14+/t22-,23?,26+,27-,28+,29+,33+/m0/s1. The minimum Gasteiger partial charge on any atom is -0.465 e. The molecule has 0 spiro atoms. The van der Waals surface area contributed by atoms with Gasteiger partial charge in [0, 0.05) is 5.92 Å². The Kier molecular flexibility index (Phi) is 10.6. The molecule has 3 rings (SSSR count). The molecule has 0 aromatic carbocycles. The van der Waals surface area contributed by atoms with Crippen molar-refractivity contribution >= 4 is 11.8 Å². The van der Waals surface area contributed by atoms with Crippen LogP contribution in [0.2, 0.25) is 0 Å². The number of carbonyl (C=O) groups excluding carboxylic acids is 2. The maximum Gasteiger partial charge on any atom is 0.319 e. The lowest BCUT2D eigenvalue weighted by atomic mass is 9.61. The topological polar surface area (TPSA) is 83.8 Å². The van der Waals surface area contributed by atoms with Gasteiger partial charge in [0.1, 0.15) is 5.41 Å². The van der Waals surface area contributed by atoms with Gasteiger partial charge in [0.25, 0.3) is 0 Å². The van der Waals surface area contributed by atoms with Crippen LogP contribution in [0.5, 0.6) is 0 Å². The molecule has 0 heterocycles. The fourth-order valence-electron chi connectivity index (χ4n) is 7.13. The van der Waals surface area contributed by atoms with Crippen LogP contribution in [0.4, 0.5) is 0 Å². The first-order valence-corrected chi connectivity index (χ1v) is 15.1. The lowest BCUT2D eigenvalue weighted by Crippen LogP contribution is -2.36. The molecule has 214 valence electrons. The van der Waals surface area contributed by atoms with Crippen molar-refractivity contribution < 1.29 is 24.5 Å². The largest absolute Gasteiger partial charge is 0.465 e. The monoisotopic (exact) mass is 528 g/mol. The highest BCUT2D eigenvalue weighted by molar-refractivity contribution is 6.08. The number of esters is 1. The van der Waals surface area contributed by atoms with Gasteiger partial charge in [-0.3, -0.25) is 9.59 Å². The molecule has 3 aliphatic rings. The molecule has 0 aromatic heterocycles. The molecule has 0 saturated heterocycles. The Labute approximate surface area is 230 Å². The highest BCUT2D eigenvalue weighted by Gasteiger charge is 2.50. The SMILES string of the molecule is CCCCCOC(=O)C(C)(C)C(=O)/C=C/[C@H](C)[C@H]1CC[C@H]2/C(=C/C=C3C[C@@H](O)C(C)[C@H](O)C3)CCC[C@]12C. The summed E-state index contributed by atoms with van der Waals surface area (Å²) < 4.78 is 5.39. The van der Waals surface area contributed by atoms with Crippen molar-refractivity contribution in [1.82, 2.24) is 0 Å². The smallest absolute Gasteiger partial charge is 0.319 e. The third kappa shape index (κ3) is 6.88. The van der Waals surface area contributed by atoms with Crippen molar-refractivity contribution in [2.24, 2.45) is 34.5 Å². The van der Waals surface area contributed by atoms with E-state index in [9.17, 15) is 19.8 Å². The number of hydrogen-bond donors (Lipinski definition) is 2. The normalized spacial score (nSPS) is 33.8. The van der Waals surface area contributed by atoms with E-state index in [1.54, 1.807) is 19.9 Å². The van der Waals surface area contributed by atoms with Gasteiger partial charge >= 0.3 is 5.97 Å². The van der Waals surface area contributed by atoms with E-state index >= 15 is 0 Å². The summed E-state index contributed by atoms with van der Waals surface area (Å²) in [6.45, 7) is 12.4. The van der Waals surface area contributed by atoms with Crippen molar-refractivity contribution in [2.45, 2.75) is 118 Å². The first kappa shape index (κ1) is 30.8. The number of aliphatic hydroxyl groups excluding tert-OH is 2. The summed E-state index contributed by atoms with van der Waals surface area (Å²) in [5.74, 6) is 0.553. The lowest BCUT2D eigenvalue weighted by Gasteiger charge is -2.44. The van der Waals surface area contributed by atoms with E-state index in [4.69, 9.17) is 4.74 Å². The second-order valence-electron chi connectivity index (χ2n) is 13.1. The van der Waals surface area contributed by atoms with Crippen LogP contribution in [-0.2, 0) is 14.3 Å². The third-order valence-corrected chi connectivity index (χ3v) is 10.0. The molecule has 3 aliphatic carbocycles. The minimum absolute atomic E-state index is 0.0724. The lowest BCUT2D eigenvalue weighted by molar-refractivity contribution is -0.157. The van der Waals surface area contributed by atoms with Crippen molar-refractivity contribution in [3.05, 3.63) is 35.5 Å². The molecule has 5 nitrogen and oxygen atoms in total. The first-order valence-electron chi connectivity index (χ1n) is 15.1. The summed E-state index contributed by atoms with van der Waals surface area (Å²) in [5.41, 5.74) is 1.65. The number of ether oxygens (including phenoxy) is 1. The predicted molar refractivity (Wildman–Crippen MR) is 152 cm³/mol. The van der Waals surface area contributed by atoms with Gasteiger partial charge in [-0.25, -0.2) is 0 Å². The van der Waals surface area contributed by atoms with Crippen LogP contribution in [0.15, 0.2) is 35.5 Å². The summed E-state index contributed by atoms with van der Waals surface area (Å²) in [7, 11) is 0. The van der Waals surface area contributed by atoms with Gasteiger partial charge in [-0.1, -0.05) is 69.9 Å². The molecule has 5 heteroatoms. The van der Waals surface area contributed by atoms with Crippen LogP contribution in [0, 0.1) is 34.5 Å². The van der Waals surface area contributed by atoms with E-state index in [0.717, 1.165) is 50.5 Å². The highest BCUT2D eigenvalue weighted by Crippen LogP contribution is 2.59. The van der Waals surface area contributed by atoms with Gasteiger partial charge in [-0.2, -0.15) is 0 Å². The van der Waals surface area contributed by atoms with Crippen molar-refractivity contribution in [1.29, 1.82) is 0 Å². The summed E-state index contributed by atoms with van der Waals surface area (Å²) in [4.78, 5) is 25.5. The molecule has 0 bridgehead atoms. The van der Waals surface area contributed by atoms with E-state index in [-0.39, 0.29) is 23.0 Å². The Balaban J connectivity index is 1.65. The van der Waals surface area contributed by atoms with E-state index in [2.05, 4.69) is 32.9 Å². The average Bonchev–Trinajstić information content (AvgIpc) is 3.24. The molecule has 2 N–H and O–H groups in total. The Bertz CT molecular complexity index is 914. The molecule has 0 amide bonds. The zero-order chi connectivity index (χ0) is 28.1. The van der Waals surface area contributed by atoms with Gasteiger partial charge < -0.3 is 14.9 Å². The van der Waals surface area contributed by atoms with Gasteiger partial charge in [-0.05, 0) is 94.5 Å². The highest BCUT2D eigenvalue weighted by atomic mass is 16.5. The molecule has 3 fully saturated rings. The molecule has 0 unspecified atom stereocenters. The molecule has 3 saturated carbocycles. The van der Waals surface area contributed by atoms with Crippen LogP contribution < -0.4 is 0 Å². The van der Waals surface area contributed by atoms with Crippen LogP contribution >= 0.6 is 0 Å². The third-order valence-electron chi connectivity index (χ3n) is 10.0. The van der Waals surface area contributed by atoms with Gasteiger partial charge in [0.05, 0.1) is 18.8 Å². The van der Waals surface area contributed by atoms with Gasteiger partial charge in [-0.15, -0.1) is 0 Å². The maximum absolute atomic E-state index is 13.0. The Morgan fingerprint density at radius 3 is 2.47 bits per heavy atom. The van der Waals surface area contributed by atoms with Crippen molar-refractivity contribution in [3.8, 4) is 0 Å². The molecule has 0 aliphatic heterocycles. The van der Waals surface area contributed by atoms with Gasteiger partial charge in [0.2, 0.25) is 0 Å².